The Balaban J connectivity index is 0.00000484. The number of piperidine rings is 1. The van der Waals surface area contributed by atoms with Crippen molar-refractivity contribution in [1.29, 1.82) is 0 Å². The second-order valence-corrected chi connectivity index (χ2v) is 11.8. The zero-order valence-corrected chi connectivity index (χ0v) is 23.6. The minimum Gasteiger partial charge on any atom is -0.335 e. The minimum atomic E-state index is -4.92. The van der Waals surface area contributed by atoms with Gasteiger partial charge in [0.15, 0.2) is 11.6 Å². The van der Waals surface area contributed by atoms with Gasteiger partial charge < -0.3 is 20.5 Å². The number of benzene rings is 1. The molecule has 1 aromatic carbocycles. The smallest absolute Gasteiger partial charge is 0.335 e. The molecule has 10 nitrogen and oxygen atoms in total. The van der Waals surface area contributed by atoms with Crippen LogP contribution in [0, 0.1) is 23.4 Å². The van der Waals surface area contributed by atoms with Gasteiger partial charge in [-0.2, -0.15) is 13.2 Å². The Bertz CT molecular complexity index is 1430. The summed E-state index contributed by atoms with van der Waals surface area (Å²) in [5.74, 6) is -8.03. The predicted octanol–water partition coefficient (Wildman–Crippen LogP) is 1.99. The van der Waals surface area contributed by atoms with Crippen molar-refractivity contribution in [3.63, 3.8) is 0 Å². The van der Waals surface area contributed by atoms with Gasteiger partial charge >= 0.3 is 6.18 Å². The van der Waals surface area contributed by atoms with Crippen molar-refractivity contribution in [3.05, 3.63) is 52.4 Å². The summed E-state index contributed by atoms with van der Waals surface area (Å²) in [6, 6.07) is -0.0540. The number of nitrogens with two attached hydrogens (primary N) is 1. The largest absolute Gasteiger partial charge is 0.449 e. The number of hydrogen-bond donors (Lipinski definition) is 3. The minimum absolute atomic E-state index is 0. The van der Waals surface area contributed by atoms with E-state index in [2.05, 4.69) is 10.3 Å². The first-order valence-corrected chi connectivity index (χ1v) is 14.4. The molecule has 0 unspecified atom stereocenters. The maximum atomic E-state index is 14.0. The van der Waals surface area contributed by atoms with Gasteiger partial charge in [0.25, 0.3) is 0 Å². The highest BCUT2D eigenvalue weighted by atomic mass is 35.5. The van der Waals surface area contributed by atoms with Crippen molar-refractivity contribution in [2.24, 2.45) is 11.7 Å². The molecule has 2 aliphatic rings. The van der Waals surface area contributed by atoms with E-state index >= 15 is 0 Å². The summed E-state index contributed by atoms with van der Waals surface area (Å²) in [5, 5.41) is 3.03. The number of carbonyl (C=O) groups excluding carboxylic acids is 2. The van der Waals surface area contributed by atoms with Gasteiger partial charge in [0.1, 0.15) is 11.6 Å². The molecular weight excluding hydrogens is 618 g/mol. The molecule has 0 aliphatic carbocycles. The summed E-state index contributed by atoms with van der Waals surface area (Å²) in [5.41, 5.74) is 5.04. The molecule has 2 amide bonds. The molecule has 0 saturated carbocycles. The highest BCUT2D eigenvalue weighted by molar-refractivity contribution is 7.89. The number of rotatable bonds is 8. The Kier molecular flexibility index (Phi) is 10.5. The van der Waals surface area contributed by atoms with Gasteiger partial charge in [-0.1, -0.05) is 0 Å². The molecule has 1 aromatic heterocycles. The Morgan fingerprint density at radius 2 is 1.74 bits per heavy atom. The van der Waals surface area contributed by atoms with Crippen molar-refractivity contribution in [1.82, 2.24) is 24.5 Å². The lowest BCUT2D eigenvalue weighted by Gasteiger charge is -2.30. The van der Waals surface area contributed by atoms with Crippen LogP contribution >= 0.6 is 12.4 Å². The number of halogens is 7. The van der Waals surface area contributed by atoms with Crippen molar-refractivity contribution >= 4 is 34.2 Å². The van der Waals surface area contributed by atoms with E-state index in [-0.39, 0.29) is 43.2 Å². The Hall–Kier alpha value is -2.89. The Labute approximate surface area is 243 Å². The summed E-state index contributed by atoms with van der Waals surface area (Å²) in [6.45, 7) is 0.0740. The number of alkyl halides is 3. The van der Waals surface area contributed by atoms with Crippen LogP contribution in [0.3, 0.4) is 0 Å². The normalized spacial score (nSPS) is 16.9. The second-order valence-electron chi connectivity index (χ2n) is 10.1. The second kappa shape index (κ2) is 13.2. The number of amides is 2. The third-order valence-corrected chi connectivity index (χ3v) is 8.16. The van der Waals surface area contributed by atoms with E-state index in [9.17, 15) is 44.3 Å². The third kappa shape index (κ3) is 7.93. The summed E-state index contributed by atoms with van der Waals surface area (Å²) in [7, 11) is -4.43. The van der Waals surface area contributed by atoms with Gasteiger partial charge in [-0.05, 0) is 44.0 Å². The molecule has 2 aromatic rings. The number of hydrogen-bond acceptors (Lipinski definition) is 7. The molecule has 234 valence electrons. The first-order valence-electron chi connectivity index (χ1n) is 12.7. The lowest BCUT2D eigenvalue weighted by molar-refractivity contribution is -0.148. The topological polar surface area (TPSA) is 139 Å². The molecule has 0 spiro atoms. The van der Waals surface area contributed by atoms with Crippen LogP contribution in [0.5, 0.6) is 0 Å². The molecule has 4 N–H and O–H groups in total. The maximum absolute atomic E-state index is 14.0. The van der Waals surface area contributed by atoms with Gasteiger partial charge in [-0.25, -0.2) is 26.6 Å². The number of sulfonamides is 1. The number of nitrogens with one attached hydrogen (secondary N) is 2. The van der Waals surface area contributed by atoms with Crippen LogP contribution in [-0.4, -0.2) is 60.4 Å². The van der Waals surface area contributed by atoms with E-state index in [0.29, 0.717) is 38.1 Å². The van der Waals surface area contributed by atoms with Gasteiger partial charge in [-0.3, -0.25) is 14.3 Å². The average Bonchev–Trinajstić information content (AvgIpc) is 3.25. The molecule has 4 rings (SSSR count). The van der Waals surface area contributed by atoms with E-state index < -0.39 is 87.7 Å². The van der Waals surface area contributed by atoms with Gasteiger partial charge in [0, 0.05) is 37.5 Å². The van der Waals surface area contributed by atoms with Gasteiger partial charge in [0.05, 0.1) is 17.9 Å². The molecule has 0 bridgehead atoms. The fourth-order valence-corrected chi connectivity index (χ4v) is 6.08. The van der Waals surface area contributed by atoms with Crippen molar-refractivity contribution in [2.45, 2.75) is 56.7 Å². The van der Waals surface area contributed by atoms with E-state index in [0.717, 1.165) is 9.47 Å². The van der Waals surface area contributed by atoms with Crippen LogP contribution in [0.1, 0.15) is 42.0 Å². The van der Waals surface area contributed by atoms with Crippen LogP contribution in [0.4, 0.5) is 26.3 Å². The van der Waals surface area contributed by atoms with Crippen molar-refractivity contribution < 1.29 is 44.3 Å². The predicted molar refractivity (Wildman–Crippen MR) is 139 cm³/mol. The zero-order chi connectivity index (χ0) is 30.1. The van der Waals surface area contributed by atoms with Crippen LogP contribution in [-0.2, 0) is 51.1 Å². The molecule has 2 aliphatic heterocycles. The molecule has 1 atom stereocenters. The quantitative estimate of drug-likeness (QED) is 0.295. The highest BCUT2D eigenvalue weighted by Crippen LogP contribution is 2.33. The first-order chi connectivity index (χ1) is 19.1. The highest BCUT2D eigenvalue weighted by Gasteiger charge is 2.41. The van der Waals surface area contributed by atoms with E-state index in [1.54, 1.807) is 0 Å². The standard InChI is InChI=1S/C24H28F6N6O4S.ClH/c25-16-10-18(27)17(26)8-14(16)7-15(31)9-21(37)35-5-6-36-20(11-35)19(33-23(36)24(28,29)30)12-41(39,40)34-22(38)13-1-3-32-4-2-13;/h8,10,13,15,32H,1-7,9,11-12,31H2,(H,34,38);1H/t15-;/m1./s1. The van der Waals surface area contributed by atoms with Crippen LogP contribution in [0.15, 0.2) is 12.1 Å². The van der Waals surface area contributed by atoms with E-state index in [1.165, 1.54) is 0 Å². The van der Waals surface area contributed by atoms with Crippen molar-refractivity contribution in [3.8, 4) is 0 Å². The molecule has 42 heavy (non-hydrogen) atoms. The van der Waals surface area contributed by atoms with E-state index in [1.807, 2.05) is 4.72 Å². The lowest BCUT2D eigenvalue weighted by atomic mass is 9.98. The summed E-state index contributed by atoms with van der Waals surface area (Å²) in [6.07, 6.45) is -4.83. The fourth-order valence-electron chi connectivity index (χ4n) is 4.94. The van der Waals surface area contributed by atoms with Gasteiger partial charge in [-0.15, -0.1) is 12.4 Å². The fraction of sp³-hybridized carbons (Fsp3) is 0.542. The molecule has 1 saturated heterocycles. The summed E-state index contributed by atoms with van der Waals surface area (Å²) < 4.78 is 110. The molecule has 3 heterocycles. The van der Waals surface area contributed by atoms with Gasteiger partial charge in [0.2, 0.25) is 27.7 Å². The summed E-state index contributed by atoms with van der Waals surface area (Å²) >= 11 is 0. The number of nitrogens with zero attached hydrogens (tertiary/aromatic N) is 3. The maximum Gasteiger partial charge on any atom is 0.449 e. The molecule has 18 heteroatoms. The number of carbonyl (C=O) groups is 2. The van der Waals surface area contributed by atoms with Crippen LogP contribution in [0.25, 0.3) is 0 Å². The number of imidazole rings is 1. The SMILES string of the molecule is Cl.N[C@@H](CC(=O)N1CCn2c(C(F)(F)F)nc(CS(=O)(=O)NC(=O)C3CCNCC3)c2C1)Cc1cc(F)c(F)cc1F. The Morgan fingerprint density at radius 1 is 1.10 bits per heavy atom. The van der Waals surface area contributed by atoms with E-state index in [4.69, 9.17) is 5.73 Å². The van der Waals surface area contributed by atoms with Crippen LogP contribution < -0.4 is 15.8 Å². The third-order valence-electron chi connectivity index (χ3n) is 7.00. The number of aromatic nitrogens is 2. The molecule has 0 radical (unpaired) electrons. The monoisotopic (exact) mass is 646 g/mol. The average molecular weight is 647 g/mol. The summed E-state index contributed by atoms with van der Waals surface area (Å²) in [4.78, 5) is 30.0. The lowest BCUT2D eigenvalue weighted by Crippen LogP contribution is -2.42. The van der Waals surface area contributed by atoms with Crippen molar-refractivity contribution in [2.75, 3.05) is 19.6 Å². The Morgan fingerprint density at radius 3 is 2.38 bits per heavy atom. The van der Waals surface area contributed by atoms with Crippen LogP contribution in [0.2, 0.25) is 0 Å². The molecular formula is C24H29ClF6N6O4S. The zero-order valence-electron chi connectivity index (χ0n) is 22.0. The number of fused-ring (bicyclic) bond motifs is 1. The first kappa shape index (κ1) is 33.6. The molecule has 1 fully saturated rings.